The second kappa shape index (κ2) is 7.58. The van der Waals surface area contributed by atoms with Gasteiger partial charge >= 0.3 is 0 Å². The number of hydrogen-bond donors (Lipinski definition) is 0. The minimum atomic E-state index is -0.335. The molecule has 0 unspecified atom stereocenters. The minimum Gasteiger partial charge on any atom is -0.497 e. The van der Waals surface area contributed by atoms with Crippen molar-refractivity contribution >= 4 is 17.3 Å². The Morgan fingerprint density at radius 3 is 2.53 bits per heavy atom. The average molecular weight is 421 g/mol. The summed E-state index contributed by atoms with van der Waals surface area (Å²) in [6.45, 7) is 0. The number of hydrogen-bond acceptors (Lipinski definition) is 5. The zero-order valence-electron chi connectivity index (χ0n) is 16.7. The van der Waals surface area contributed by atoms with Gasteiger partial charge in [0.2, 0.25) is 6.23 Å². The fourth-order valence-electron chi connectivity index (χ4n) is 4.02. The van der Waals surface area contributed by atoms with Gasteiger partial charge in [-0.1, -0.05) is 23.7 Å². The number of methoxy groups -OCH3 is 2. The first kappa shape index (κ1) is 18.8. The van der Waals surface area contributed by atoms with E-state index in [9.17, 15) is 0 Å². The molecule has 152 valence electrons. The van der Waals surface area contributed by atoms with Gasteiger partial charge in [-0.2, -0.15) is 5.10 Å². The topological polar surface area (TPSA) is 43.3 Å². The fourth-order valence-corrected chi connectivity index (χ4v) is 4.20. The van der Waals surface area contributed by atoms with Crippen LogP contribution in [0.1, 0.15) is 35.4 Å². The molecule has 2 aliphatic heterocycles. The molecule has 0 fully saturated rings. The Balaban J connectivity index is 1.58. The molecule has 0 aliphatic carbocycles. The molecule has 0 N–H and O–H groups in total. The summed E-state index contributed by atoms with van der Waals surface area (Å²) < 4.78 is 17.1. The highest BCUT2D eigenvalue weighted by Gasteiger charge is 2.41. The van der Waals surface area contributed by atoms with Crippen molar-refractivity contribution in [2.75, 3.05) is 14.2 Å². The molecule has 0 saturated heterocycles. The Kier molecular flexibility index (Phi) is 4.75. The van der Waals surface area contributed by atoms with Crippen molar-refractivity contribution in [3.63, 3.8) is 0 Å². The van der Waals surface area contributed by atoms with Crippen LogP contribution < -0.4 is 14.2 Å². The number of nitrogens with zero attached hydrogens (tertiary/aromatic N) is 2. The second-order valence-electron chi connectivity index (χ2n) is 7.30. The smallest absolute Gasteiger partial charge is 0.213 e. The van der Waals surface area contributed by atoms with E-state index in [2.05, 4.69) is 6.07 Å². The molecule has 2 atom stereocenters. The Morgan fingerprint density at radius 2 is 1.77 bits per heavy atom. The lowest BCUT2D eigenvalue weighted by atomic mass is 9.96. The maximum Gasteiger partial charge on any atom is 0.213 e. The van der Waals surface area contributed by atoms with E-state index in [4.69, 9.17) is 30.9 Å². The zero-order chi connectivity index (χ0) is 20.7. The molecule has 2 aliphatic rings. The molecule has 3 aromatic carbocycles. The van der Waals surface area contributed by atoms with Crippen molar-refractivity contribution in [3.05, 3.63) is 88.4 Å². The van der Waals surface area contributed by atoms with Gasteiger partial charge in [0.25, 0.3) is 0 Å². The van der Waals surface area contributed by atoms with Crippen molar-refractivity contribution in [2.24, 2.45) is 5.10 Å². The van der Waals surface area contributed by atoms with Gasteiger partial charge in [0.1, 0.15) is 17.2 Å². The largest absolute Gasteiger partial charge is 0.497 e. The lowest BCUT2D eigenvalue weighted by Crippen LogP contribution is -2.33. The van der Waals surface area contributed by atoms with Crippen molar-refractivity contribution in [1.82, 2.24) is 5.01 Å². The van der Waals surface area contributed by atoms with Gasteiger partial charge in [-0.3, -0.25) is 0 Å². The quantitative estimate of drug-likeness (QED) is 0.551. The highest BCUT2D eigenvalue weighted by molar-refractivity contribution is 6.30. The van der Waals surface area contributed by atoms with Crippen LogP contribution in [0.3, 0.4) is 0 Å². The van der Waals surface area contributed by atoms with Gasteiger partial charge in [-0.25, -0.2) is 5.01 Å². The van der Waals surface area contributed by atoms with Gasteiger partial charge in [0, 0.05) is 28.1 Å². The third kappa shape index (κ3) is 3.25. The number of halogens is 1. The van der Waals surface area contributed by atoms with Crippen LogP contribution in [0.4, 0.5) is 0 Å². The fraction of sp³-hybridized carbons (Fsp3) is 0.208. The highest BCUT2D eigenvalue weighted by atomic mass is 35.5. The van der Waals surface area contributed by atoms with E-state index in [0.29, 0.717) is 5.02 Å². The van der Waals surface area contributed by atoms with Crippen LogP contribution in [-0.4, -0.2) is 24.9 Å². The first-order valence-electron chi connectivity index (χ1n) is 9.76. The Bertz CT molecular complexity index is 1110. The molecule has 0 amide bonds. The van der Waals surface area contributed by atoms with E-state index in [1.54, 1.807) is 14.2 Å². The van der Waals surface area contributed by atoms with Gasteiger partial charge in [0.15, 0.2) is 0 Å². The van der Waals surface area contributed by atoms with Crippen LogP contribution in [0, 0.1) is 0 Å². The molecule has 2 heterocycles. The summed E-state index contributed by atoms with van der Waals surface area (Å²) in [4.78, 5) is 0. The predicted octanol–water partition coefficient (Wildman–Crippen LogP) is 5.60. The molecule has 0 spiro atoms. The van der Waals surface area contributed by atoms with E-state index in [1.807, 2.05) is 65.7 Å². The van der Waals surface area contributed by atoms with Gasteiger partial charge in [-0.05, 0) is 54.6 Å². The summed E-state index contributed by atoms with van der Waals surface area (Å²) in [6.07, 6.45) is 0.425. The normalized spacial score (nSPS) is 19.4. The van der Waals surface area contributed by atoms with Gasteiger partial charge in [-0.15, -0.1) is 0 Å². The first-order valence-corrected chi connectivity index (χ1v) is 10.1. The standard InChI is InChI=1S/C24H21ClN2O3/c1-28-18-9-6-15(7-10-18)24-27-22(20-13-17(25)8-11-23(20)30-24)14-21(26-27)16-4-3-5-19(12-16)29-2/h3-13,22,24H,14H2,1-2H3/t22-,24+/m1/s1. The molecule has 6 heteroatoms. The van der Waals surface area contributed by atoms with Crippen LogP contribution in [-0.2, 0) is 0 Å². The predicted molar refractivity (Wildman–Crippen MR) is 117 cm³/mol. The summed E-state index contributed by atoms with van der Waals surface area (Å²) >= 11 is 6.30. The monoisotopic (exact) mass is 420 g/mol. The molecule has 30 heavy (non-hydrogen) atoms. The number of fused-ring (bicyclic) bond motifs is 3. The summed E-state index contributed by atoms with van der Waals surface area (Å²) in [5, 5.41) is 7.71. The molecule has 3 aromatic rings. The Labute approximate surface area is 180 Å². The summed E-state index contributed by atoms with van der Waals surface area (Å²) in [5.41, 5.74) is 4.10. The SMILES string of the molecule is COc1ccc([C@@H]2Oc3ccc(Cl)cc3[C@H]3CC(c4cccc(OC)c4)=NN32)cc1. The van der Waals surface area contributed by atoms with E-state index < -0.39 is 0 Å². The van der Waals surface area contributed by atoms with E-state index >= 15 is 0 Å². The van der Waals surface area contributed by atoms with Crippen molar-refractivity contribution in [2.45, 2.75) is 18.7 Å². The van der Waals surface area contributed by atoms with E-state index in [1.165, 1.54) is 0 Å². The van der Waals surface area contributed by atoms with Crippen LogP contribution >= 0.6 is 11.6 Å². The Morgan fingerprint density at radius 1 is 0.967 bits per heavy atom. The maximum atomic E-state index is 6.38. The van der Waals surface area contributed by atoms with Crippen LogP contribution in [0.5, 0.6) is 17.2 Å². The van der Waals surface area contributed by atoms with Crippen LogP contribution in [0.2, 0.25) is 5.02 Å². The molecule has 0 bridgehead atoms. The van der Waals surface area contributed by atoms with E-state index in [0.717, 1.165) is 46.1 Å². The zero-order valence-corrected chi connectivity index (χ0v) is 17.5. The van der Waals surface area contributed by atoms with Gasteiger partial charge < -0.3 is 14.2 Å². The molecule has 0 saturated carbocycles. The molecule has 0 radical (unpaired) electrons. The molecule has 0 aromatic heterocycles. The molecular weight excluding hydrogens is 400 g/mol. The third-order valence-electron chi connectivity index (χ3n) is 5.56. The number of rotatable bonds is 4. The lowest BCUT2D eigenvalue weighted by Gasteiger charge is -2.38. The second-order valence-corrected chi connectivity index (χ2v) is 7.74. The first-order chi connectivity index (χ1) is 14.7. The van der Waals surface area contributed by atoms with Crippen molar-refractivity contribution in [1.29, 1.82) is 0 Å². The van der Waals surface area contributed by atoms with Gasteiger partial charge in [0.05, 0.1) is 26.0 Å². The summed E-state index contributed by atoms with van der Waals surface area (Å²) in [7, 11) is 3.33. The Hall–Kier alpha value is -3.18. The van der Waals surface area contributed by atoms with Crippen molar-refractivity contribution < 1.29 is 14.2 Å². The highest BCUT2D eigenvalue weighted by Crippen LogP contribution is 2.48. The minimum absolute atomic E-state index is 0.0424. The molecular formula is C24H21ClN2O3. The third-order valence-corrected chi connectivity index (χ3v) is 5.79. The number of ether oxygens (including phenoxy) is 3. The summed E-state index contributed by atoms with van der Waals surface area (Å²) in [6, 6.07) is 21.7. The molecule has 5 nitrogen and oxygen atoms in total. The summed E-state index contributed by atoms with van der Waals surface area (Å²) in [5.74, 6) is 2.45. The lowest BCUT2D eigenvalue weighted by molar-refractivity contribution is -0.0190. The molecule has 5 rings (SSSR count). The van der Waals surface area contributed by atoms with E-state index in [-0.39, 0.29) is 12.3 Å². The average Bonchev–Trinajstić information content (AvgIpc) is 3.25. The van der Waals surface area contributed by atoms with Crippen LogP contribution in [0.15, 0.2) is 71.8 Å². The van der Waals surface area contributed by atoms with Crippen molar-refractivity contribution in [3.8, 4) is 17.2 Å². The maximum absolute atomic E-state index is 6.38. The number of hydrazone groups is 1. The number of benzene rings is 3. The van der Waals surface area contributed by atoms with Crippen LogP contribution in [0.25, 0.3) is 0 Å².